The van der Waals surface area contributed by atoms with Crippen LogP contribution in [0, 0.1) is 5.92 Å². The molecular formula is C24H29N3O3S. The van der Waals surface area contributed by atoms with Crippen LogP contribution in [-0.2, 0) is 17.9 Å². The Balaban J connectivity index is 1.26. The van der Waals surface area contributed by atoms with Crippen LogP contribution in [0.5, 0.6) is 0 Å². The van der Waals surface area contributed by atoms with E-state index >= 15 is 0 Å². The van der Waals surface area contributed by atoms with E-state index < -0.39 is 6.09 Å². The van der Waals surface area contributed by atoms with Crippen LogP contribution in [0.15, 0.2) is 52.4 Å². The van der Waals surface area contributed by atoms with Gasteiger partial charge in [-0.1, -0.05) is 55.1 Å². The Bertz CT molecular complexity index is 964. The number of hydrogen-bond acceptors (Lipinski definition) is 6. The lowest BCUT2D eigenvalue weighted by Gasteiger charge is -2.19. The van der Waals surface area contributed by atoms with Crippen LogP contribution in [0.2, 0.25) is 0 Å². The van der Waals surface area contributed by atoms with Gasteiger partial charge in [0.2, 0.25) is 0 Å². The molecule has 2 aromatic heterocycles. The highest BCUT2D eigenvalue weighted by Crippen LogP contribution is 2.29. The Morgan fingerprint density at radius 3 is 2.90 bits per heavy atom. The number of thiophene rings is 1. The minimum absolute atomic E-state index is 0.0551. The predicted octanol–water partition coefficient (Wildman–Crippen LogP) is 6.21. The molecule has 2 heterocycles. The highest BCUT2D eigenvalue weighted by Gasteiger charge is 2.18. The van der Waals surface area contributed by atoms with Crippen LogP contribution in [0.25, 0.3) is 10.6 Å². The molecule has 2 N–H and O–H groups in total. The Morgan fingerprint density at radius 2 is 2.10 bits per heavy atom. The molecule has 7 heteroatoms. The Labute approximate surface area is 187 Å². The largest absolute Gasteiger partial charge is 0.443 e. The zero-order valence-corrected chi connectivity index (χ0v) is 18.6. The normalized spacial score (nSPS) is 15.1. The van der Waals surface area contributed by atoms with Crippen molar-refractivity contribution in [1.82, 2.24) is 10.5 Å². The molecule has 0 spiro atoms. The fourth-order valence-corrected chi connectivity index (χ4v) is 4.78. The van der Waals surface area contributed by atoms with Gasteiger partial charge in [-0.2, -0.15) is 0 Å². The van der Waals surface area contributed by atoms with Crippen molar-refractivity contribution in [1.29, 1.82) is 0 Å². The van der Waals surface area contributed by atoms with E-state index in [9.17, 15) is 4.79 Å². The van der Waals surface area contributed by atoms with Gasteiger partial charge in [0.15, 0.2) is 5.76 Å². The zero-order valence-electron chi connectivity index (χ0n) is 17.8. The van der Waals surface area contributed by atoms with Crippen LogP contribution < -0.4 is 10.6 Å². The molecule has 164 valence electrons. The van der Waals surface area contributed by atoms with Gasteiger partial charge in [0.05, 0.1) is 4.88 Å². The molecule has 1 saturated carbocycles. The molecule has 0 radical (unpaired) electrons. The quantitative estimate of drug-likeness (QED) is 0.414. The van der Waals surface area contributed by atoms with Crippen LogP contribution >= 0.6 is 11.3 Å². The SMILES string of the molecule is C[C@@H](CC1CCCC1)NCc1ccccc1NC(=O)OCc1cc(-c2cccs2)on1. The summed E-state index contributed by atoms with van der Waals surface area (Å²) in [7, 11) is 0. The first-order chi connectivity index (χ1) is 15.2. The molecule has 6 nitrogen and oxygen atoms in total. The lowest BCUT2D eigenvalue weighted by molar-refractivity contribution is 0.152. The summed E-state index contributed by atoms with van der Waals surface area (Å²) in [6.07, 6.45) is 6.16. The third-order valence-electron chi connectivity index (χ3n) is 5.73. The summed E-state index contributed by atoms with van der Waals surface area (Å²) in [6, 6.07) is 14.0. The van der Waals surface area contributed by atoms with Gasteiger partial charge in [-0.3, -0.25) is 5.32 Å². The molecular weight excluding hydrogens is 410 g/mol. The highest BCUT2D eigenvalue weighted by molar-refractivity contribution is 7.13. The fourth-order valence-electron chi connectivity index (χ4n) is 4.11. The second-order valence-electron chi connectivity index (χ2n) is 8.19. The maximum Gasteiger partial charge on any atom is 0.412 e. The van der Waals surface area contributed by atoms with Crippen molar-refractivity contribution in [3.05, 3.63) is 59.1 Å². The minimum atomic E-state index is -0.507. The Morgan fingerprint density at radius 1 is 1.26 bits per heavy atom. The van der Waals surface area contributed by atoms with Crippen molar-refractivity contribution < 1.29 is 14.1 Å². The molecule has 1 amide bonds. The summed E-state index contributed by atoms with van der Waals surface area (Å²) in [5, 5.41) is 12.4. The van der Waals surface area contributed by atoms with E-state index in [0.717, 1.165) is 22.0 Å². The number of nitrogens with zero attached hydrogens (tertiary/aromatic N) is 1. The van der Waals surface area contributed by atoms with Crippen molar-refractivity contribution in [2.75, 3.05) is 5.32 Å². The molecule has 4 rings (SSSR count). The highest BCUT2D eigenvalue weighted by atomic mass is 32.1. The molecule has 0 aliphatic heterocycles. The average Bonchev–Trinajstić information content (AvgIpc) is 3.54. The van der Waals surface area contributed by atoms with Gasteiger partial charge in [0.1, 0.15) is 12.3 Å². The van der Waals surface area contributed by atoms with Crippen LogP contribution in [0.1, 0.15) is 50.3 Å². The van der Waals surface area contributed by atoms with Crippen molar-refractivity contribution in [3.8, 4) is 10.6 Å². The smallest absolute Gasteiger partial charge is 0.412 e. The molecule has 3 aromatic rings. The lowest BCUT2D eigenvalue weighted by Crippen LogP contribution is -2.28. The Hall–Kier alpha value is -2.64. The van der Waals surface area contributed by atoms with E-state index in [1.54, 1.807) is 17.4 Å². The standard InChI is InChI=1S/C24H29N3O3S/c1-17(13-18-7-2-3-8-18)25-15-19-9-4-5-10-21(19)26-24(28)29-16-20-14-22(30-27-20)23-11-6-12-31-23/h4-6,9-12,14,17-18,25H,2-3,7-8,13,15-16H2,1H3,(H,26,28)/t17-/m0/s1. The number of nitrogens with one attached hydrogen (secondary N) is 2. The number of ether oxygens (including phenoxy) is 1. The van der Waals surface area contributed by atoms with E-state index in [-0.39, 0.29) is 6.61 Å². The molecule has 0 unspecified atom stereocenters. The summed E-state index contributed by atoms with van der Waals surface area (Å²) in [4.78, 5) is 13.3. The summed E-state index contributed by atoms with van der Waals surface area (Å²) in [6.45, 7) is 3.00. The van der Waals surface area contributed by atoms with Crippen LogP contribution in [0.4, 0.5) is 10.5 Å². The maximum absolute atomic E-state index is 12.3. The number of amides is 1. The van der Waals surface area contributed by atoms with Gasteiger partial charge in [0.25, 0.3) is 0 Å². The predicted molar refractivity (Wildman–Crippen MR) is 123 cm³/mol. The van der Waals surface area contributed by atoms with Crippen LogP contribution in [0.3, 0.4) is 0 Å². The third kappa shape index (κ3) is 6.18. The molecule has 1 aliphatic rings. The van der Waals surface area contributed by atoms with Gasteiger partial charge in [-0.05, 0) is 42.3 Å². The molecule has 0 bridgehead atoms. The number of anilines is 1. The molecule has 1 aliphatic carbocycles. The van der Waals surface area contributed by atoms with E-state index in [4.69, 9.17) is 9.26 Å². The molecule has 0 saturated heterocycles. The van der Waals surface area contributed by atoms with Gasteiger partial charge < -0.3 is 14.6 Å². The van der Waals surface area contributed by atoms with Crippen LogP contribution in [-0.4, -0.2) is 17.3 Å². The minimum Gasteiger partial charge on any atom is -0.443 e. The first-order valence-electron chi connectivity index (χ1n) is 10.9. The lowest BCUT2D eigenvalue weighted by atomic mass is 9.99. The van der Waals surface area contributed by atoms with Gasteiger partial charge in [-0.15, -0.1) is 11.3 Å². The molecule has 1 atom stereocenters. The van der Waals surface area contributed by atoms with E-state index in [1.807, 2.05) is 41.8 Å². The summed E-state index contributed by atoms with van der Waals surface area (Å²) in [5.41, 5.74) is 2.38. The molecule has 31 heavy (non-hydrogen) atoms. The number of aromatic nitrogens is 1. The van der Waals surface area contributed by atoms with Gasteiger partial charge in [-0.25, -0.2) is 4.79 Å². The second-order valence-corrected chi connectivity index (χ2v) is 9.13. The van der Waals surface area contributed by atoms with Crippen molar-refractivity contribution in [2.24, 2.45) is 5.92 Å². The second kappa shape index (κ2) is 10.6. The first kappa shape index (κ1) is 21.6. The van der Waals surface area contributed by atoms with Crippen molar-refractivity contribution >= 4 is 23.1 Å². The van der Waals surface area contributed by atoms with Gasteiger partial charge >= 0.3 is 6.09 Å². The number of para-hydroxylation sites is 1. The number of carbonyl (C=O) groups excluding carboxylic acids is 1. The summed E-state index contributed by atoms with van der Waals surface area (Å²) < 4.78 is 10.7. The van der Waals surface area contributed by atoms with E-state index in [0.29, 0.717) is 24.0 Å². The number of rotatable bonds is 9. The first-order valence-corrected chi connectivity index (χ1v) is 11.8. The number of hydrogen-bond donors (Lipinski definition) is 2. The molecule has 1 aromatic carbocycles. The van der Waals surface area contributed by atoms with Crippen molar-refractivity contribution in [2.45, 2.75) is 58.2 Å². The summed E-state index contributed by atoms with van der Waals surface area (Å²) >= 11 is 1.57. The third-order valence-corrected chi connectivity index (χ3v) is 6.62. The average molecular weight is 440 g/mol. The van der Waals surface area contributed by atoms with Gasteiger partial charge in [0, 0.05) is 24.3 Å². The topological polar surface area (TPSA) is 76.4 Å². The van der Waals surface area contributed by atoms with Crippen molar-refractivity contribution in [3.63, 3.8) is 0 Å². The van der Waals surface area contributed by atoms with E-state index in [2.05, 4.69) is 22.7 Å². The number of carbonyl (C=O) groups is 1. The number of benzene rings is 1. The molecule has 1 fully saturated rings. The maximum atomic E-state index is 12.3. The summed E-state index contributed by atoms with van der Waals surface area (Å²) in [5.74, 6) is 1.53. The Kier molecular flexibility index (Phi) is 7.38. The monoisotopic (exact) mass is 439 g/mol. The zero-order chi connectivity index (χ0) is 21.5. The van der Waals surface area contributed by atoms with E-state index in [1.165, 1.54) is 32.1 Å². The fraction of sp³-hybridized carbons (Fsp3) is 0.417.